The second-order valence-corrected chi connectivity index (χ2v) is 8.81. The number of rotatable bonds is 6. The molecule has 5 heteroatoms. The molecule has 1 aromatic heterocycles. The highest BCUT2D eigenvalue weighted by molar-refractivity contribution is 7.14. The van der Waals surface area contributed by atoms with Gasteiger partial charge in [0.05, 0.1) is 4.88 Å². The van der Waals surface area contributed by atoms with Crippen LogP contribution in [0.15, 0.2) is 12.1 Å². The summed E-state index contributed by atoms with van der Waals surface area (Å²) in [5, 5.41) is 3.15. The average molecular weight is 363 g/mol. The largest absolute Gasteiger partial charge is 0.352 e. The third kappa shape index (κ3) is 5.38. The van der Waals surface area contributed by atoms with E-state index < -0.39 is 0 Å². The number of hydrogen-bond acceptors (Lipinski definition) is 4. The van der Waals surface area contributed by atoms with Gasteiger partial charge in [0.1, 0.15) is 0 Å². The summed E-state index contributed by atoms with van der Waals surface area (Å²) in [5.41, 5.74) is 0. The SMILES string of the molecule is Cc1ccc(C(=O)CCC(=O)NC2CCN(C3CCCCCC3)C2)s1. The fourth-order valence-corrected chi connectivity index (χ4v) is 4.93. The Morgan fingerprint density at radius 1 is 1.12 bits per heavy atom. The van der Waals surface area contributed by atoms with Crippen LogP contribution in [0.2, 0.25) is 0 Å². The number of nitrogens with one attached hydrogen (secondary N) is 1. The third-order valence-corrected chi connectivity index (χ3v) is 6.56. The van der Waals surface area contributed by atoms with Gasteiger partial charge in [0.2, 0.25) is 5.91 Å². The summed E-state index contributed by atoms with van der Waals surface area (Å²) in [6, 6.07) is 4.79. The topological polar surface area (TPSA) is 49.4 Å². The number of aryl methyl sites for hydroxylation is 1. The van der Waals surface area contributed by atoms with Gasteiger partial charge in [0.15, 0.2) is 5.78 Å². The lowest BCUT2D eigenvalue weighted by molar-refractivity contribution is -0.121. The van der Waals surface area contributed by atoms with E-state index in [0.717, 1.165) is 29.3 Å². The molecule has 0 bridgehead atoms. The summed E-state index contributed by atoms with van der Waals surface area (Å²) < 4.78 is 0. The van der Waals surface area contributed by atoms with Crippen LogP contribution in [-0.4, -0.2) is 41.8 Å². The van der Waals surface area contributed by atoms with Gasteiger partial charge in [-0.2, -0.15) is 0 Å². The lowest BCUT2D eigenvalue weighted by Gasteiger charge is -2.26. The van der Waals surface area contributed by atoms with E-state index >= 15 is 0 Å². The zero-order valence-electron chi connectivity index (χ0n) is 15.3. The summed E-state index contributed by atoms with van der Waals surface area (Å²) >= 11 is 1.51. The van der Waals surface area contributed by atoms with Crippen molar-refractivity contribution in [3.8, 4) is 0 Å². The van der Waals surface area contributed by atoms with Crippen molar-refractivity contribution < 1.29 is 9.59 Å². The fraction of sp³-hybridized carbons (Fsp3) is 0.700. The van der Waals surface area contributed by atoms with Crippen LogP contribution in [0.25, 0.3) is 0 Å². The number of carbonyl (C=O) groups excluding carboxylic acids is 2. The van der Waals surface area contributed by atoms with Crippen molar-refractivity contribution in [2.45, 2.75) is 76.8 Å². The average Bonchev–Trinajstić information content (AvgIpc) is 3.14. The zero-order chi connectivity index (χ0) is 17.6. The molecule has 1 saturated carbocycles. The standard InChI is InChI=1S/C20H30N2O2S/c1-15-8-10-19(25-15)18(23)9-11-20(24)21-16-12-13-22(14-16)17-6-4-2-3-5-7-17/h8,10,16-17H,2-7,9,11-14H2,1H3,(H,21,24). The summed E-state index contributed by atoms with van der Waals surface area (Å²) in [5.74, 6) is 0.106. The highest BCUT2D eigenvalue weighted by Gasteiger charge is 2.29. The summed E-state index contributed by atoms with van der Waals surface area (Å²) in [6.07, 6.45) is 9.74. The molecule has 1 aliphatic carbocycles. The lowest BCUT2D eigenvalue weighted by atomic mass is 10.1. The van der Waals surface area contributed by atoms with E-state index in [1.54, 1.807) is 0 Å². The monoisotopic (exact) mass is 362 g/mol. The van der Waals surface area contributed by atoms with Gasteiger partial charge in [0, 0.05) is 42.9 Å². The Kier molecular flexibility index (Phi) is 6.65. The van der Waals surface area contributed by atoms with Crippen LogP contribution in [0.3, 0.4) is 0 Å². The van der Waals surface area contributed by atoms with E-state index in [-0.39, 0.29) is 17.7 Å². The normalized spacial score (nSPS) is 22.7. The first kappa shape index (κ1) is 18.6. The Morgan fingerprint density at radius 2 is 1.88 bits per heavy atom. The molecule has 2 aliphatic rings. The number of hydrogen-bond donors (Lipinski definition) is 1. The molecular formula is C20H30N2O2S. The quantitative estimate of drug-likeness (QED) is 0.616. The molecule has 1 N–H and O–H groups in total. The molecule has 1 aliphatic heterocycles. The van der Waals surface area contributed by atoms with Gasteiger partial charge in [-0.15, -0.1) is 11.3 Å². The second-order valence-electron chi connectivity index (χ2n) is 7.53. The van der Waals surface area contributed by atoms with Gasteiger partial charge in [-0.1, -0.05) is 25.7 Å². The number of ketones is 1. The van der Waals surface area contributed by atoms with Gasteiger partial charge in [0.25, 0.3) is 0 Å². The van der Waals surface area contributed by atoms with Crippen molar-refractivity contribution in [1.29, 1.82) is 0 Å². The molecule has 4 nitrogen and oxygen atoms in total. The molecule has 2 heterocycles. The Labute approximate surface area is 155 Å². The predicted molar refractivity (Wildman–Crippen MR) is 102 cm³/mol. The van der Waals surface area contributed by atoms with Gasteiger partial charge in [-0.25, -0.2) is 0 Å². The molecule has 1 aromatic rings. The van der Waals surface area contributed by atoms with Crippen molar-refractivity contribution in [3.63, 3.8) is 0 Å². The van der Waals surface area contributed by atoms with Gasteiger partial charge < -0.3 is 5.32 Å². The van der Waals surface area contributed by atoms with E-state index in [1.807, 2.05) is 19.1 Å². The molecule has 138 valence electrons. The Bertz CT molecular complexity index is 590. The zero-order valence-corrected chi connectivity index (χ0v) is 16.1. The predicted octanol–water partition coefficient (Wildman–Crippen LogP) is 3.93. The molecule has 1 amide bonds. The highest BCUT2D eigenvalue weighted by Crippen LogP contribution is 2.25. The molecule has 25 heavy (non-hydrogen) atoms. The minimum atomic E-state index is 0.0225. The molecular weight excluding hydrogens is 332 g/mol. The van der Waals surface area contributed by atoms with Gasteiger partial charge in [-0.05, 0) is 38.3 Å². The molecule has 1 saturated heterocycles. The molecule has 0 aromatic carbocycles. The van der Waals surface area contributed by atoms with Crippen molar-refractivity contribution in [2.75, 3.05) is 13.1 Å². The maximum atomic E-state index is 12.2. The molecule has 0 radical (unpaired) electrons. The smallest absolute Gasteiger partial charge is 0.220 e. The Balaban J connectivity index is 1.39. The van der Waals surface area contributed by atoms with E-state index in [2.05, 4.69) is 10.2 Å². The number of amides is 1. The first-order valence-corrected chi connectivity index (χ1v) is 10.6. The van der Waals surface area contributed by atoms with Crippen LogP contribution < -0.4 is 5.32 Å². The number of thiophene rings is 1. The van der Waals surface area contributed by atoms with Crippen LogP contribution in [-0.2, 0) is 4.79 Å². The van der Waals surface area contributed by atoms with E-state index in [0.29, 0.717) is 18.9 Å². The third-order valence-electron chi connectivity index (χ3n) is 5.52. The van der Waals surface area contributed by atoms with Crippen LogP contribution in [0.1, 0.15) is 72.3 Å². The Morgan fingerprint density at radius 3 is 2.56 bits per heavy atom. The second kappa shape index (κ2) is 8.95. The fourth-order valence-electron chi connectivity index (χ4n) is 4.09. The van der Waals surface area contributed by atoms with Crippen LogP contribution >= 0.6 is 11.3 Å². The number of carbonyl (C=O) groups is 2. The van der Waals surface area contributed by atoms with Crippen LogP contribution in [0, 0.1) is 6.92 Å². The maximum Gasteiger partial charge on any atom is 0.220 e. The summed E-state index contributed by atoms with van der Waals surface area (Å²) in [7, 11) is 0. The van der Waals surface area contributed by atoms with E-state index in [4.69, 9.17) is 0 Å². The summed E-state index contributed by atoms with van der Waals surface area (Å²) in [6.45, 7) is 4.08. The molecule has 2 fully saturated rings. The van der Waals surface area contributed by atoms with Crippen molar-refractivity contribution in [2.24, 2.45) is 0 Å². The number of likely N-dealkylation sites (tertiary alicyclic amines) is 1. The van der Waals surface area contributed by atoms with Crippen LogP contribution in [0.4, 0.5) is 0 Å². The van der Waals surface area contributed by atoms with Crippen molar-refractivity contribution in [3.05, 3.63) is 21.9 Å². The minimum absolute atomic E-state index is 0.0225. The molecule has 3 rings (SSSR count). The lowest BCUT2D eigenvalue weighted by Crippen LogP contribution is -2.39. The first-order chi connectivity index (χ1) is 12.1. The van der Waals surface area contributed by atoms with Crippen LogP contribution in [0.5, 0.6) is 0 Å². The molecule has 1 atom stereocenters. The maximum absolute atomic E-state index is 12.2. The van der Waals surface area contributed by atoms with Gasteiger partial charge >= 0.3 is 0 Å². The minimum Gasteiger partial charge on any atom is -0.352 e. The molecule has 0 spiro atoms. The van der Waals surface area contributed by atoms with E-state index in [9.17, 15) is 9.59 Å². The number of Topliss-reactive ketones (excluding diaryl/α,β-unsaturated/α-hetero) is 1. The number of nitrogens with zero attached hydrogens (tertiary/aromatic N) is 1. The van der Waals surface area contributed by atoms with Gasteiger partial charge in [-0.3, -0.25) is 14.5 Å². The van der Waals surface area contributed by atoms with E-state index in [1.165, 1.54) is 49.9 Å². The Hall–Kier alpha value is -1.20. The summed E-state index contributed by atoms with van der Waals surface area (Å²) in [4.78, 5) is 28.8. The van der Waals surface area contributed by atoms with Crippen molar-refractivity contribution in [1.82, 2.24) is 10.2 Å². The van der Waals surface area contributed by atoms with Crippen molar-refractivity contribution >= 4 is 23.0 Å². The highest BCUT2D eigenvalue weighted by atomic mass is 32.1. The first-order valence-electron chi connectivity index (χ1n) is 9.75. The molecule has 1 unspecified atom stereocenters.